The van der Waals surface area contributed by atoms with Crippen LogP contribution in [0.5, 0.6) is 0 Å². The summed E-state index contributed by atoms with van der Waals surface area (Å²) in [4.78, 5) is 9.11. The highest BCUT2D eigenvalue weighted by Crippen LogP contribution is 2.20. The maximum Gasteiger partial charge on any atom is 0.180 e. The number of aryl methyl sites for hydroxylation is 4. The molecule has 0 saturated carbocycles. The first-order valence-corrected chi connectivity index (χ1v) is 8.21. The van der Waals surface area contributed by atoms with Crippen LogP contribution in [0.4, 0.5) is 5.13 Å². The summed E-state index contributed by atoms with van der Waals surface area (Å²) in [6, 6.07) is 6.48. The number of nitrogens with two attached hydrogens (primary N) is 1. The van der Waals surface area contributed by atoms with Crippen molar-refractivity contribution in [2.24, 2.45) is 0 Å². The van der Waals surface area contributed by atoms with Gasteiger partial charge in [-0.3, -0.25) is 0 Å². The molecule has 0 bridgehead atoms. The van der Waals surface area contributed by atoms with Gasteiger partial charge in [0.2, 0.25) is 0 Å². The van der Waals surface area contributed by atoms with Crippen molar-refractivity contribution in [1.82, 2.24) is 14.5 Å². The van der Waals surface area contributed by atoms with Crippen molar-refractivity contribution in [1.29, 1.82) is 0 Å². The SMILES string of the molecule is CCn1c(CCCc2csc(N)n2)nc2cc(C)ccc21. The second-order valence-corrected chi connectivity index (χ2v) is 6.18. The van der Waals surface area contributed by atoms with Crippen molar-refractivity contribution in [3.63, 3.8) is 0 Å². The van der Waals surface area contributed by atoms with Gasteiger partial charge in [-0.25, -0.2) is 9.97 Å². The highest BCUT2D eigenvalue weighted by Gasteiger charge is 2.09. The Bertz CT molecular complexity index is 757. The summed E-state index contributed by atoms with van der Waals surface area (Å²) < 4.78 is 2.31. The molecule has 110 valence electrons. The summed E-state index contributed by atoms with van der Waals surface area (Å²) in [5.74, 6) is 1.17. The molecule has 1 aromatic carbocycles. The minimum atomic E-state index is 0.654. The molecule has 0 saturated heterocycles. The number of aromatic nitrogens is 3. The third-order valence-corrected chi connectivity index (χ3v) is 4.42. The standard InChI is InChI=1S/C16H20N4S/c1-3-20-14-8-7-11(2)9-13(14)19-15(20)6-4-5-12-10-21-16(17)18-12/h7-10H,3-6H2,1-2H3,(H2,17,18). The number of fused-ring (bicyclic) bond motifs is 1. The van der Waals surface area contributed by atoms with Gasteiger partial charge in [0.25, 0.3) is 0 Å². The van der Waals surface area contributed by atoms with Gasteiger partial charge in [0, 0.05) is 18.3 Å². The Morgan fingerprint density at radius 2 is 2.10 bits per heavy atom. The molecule has 0 radical (unpaired) electrons. The molecule has 2 aromatic heterocycles. The molecule has 0 aliphatic carbocycles. The van der Waals surface area contributed by atoms with Crippen LogP contribution in [0.3, 0.4) is 0 Å². The Hall–Kier alpha value is -1.88. The number of nitrogens with zero attached hydrogens (tertiary/aromatic N) is 3. The minimum absolute atomic E-state index is 0.654. The van der Waals surface area contributed by atoms with Gasteiger partial charge in [0.05, 0.1) is 16.7 Å². The summed E-state index contributed by atoms with van der Waals surface area (Å²) >= 11 is 1.51. The van der Waals surface area contributed by atoms with E-state index < -0.39 is 0 Å². The molecule has 3 rings (SSSR count). The second kappa shape index (κ2) is 5.85. The molecule has 0 aliphatic heterocycles. The Morgan fingerprint density at radius 1 is 1.24 bits per heavy atom. The number of imidazole rings is 1. The van der Waals surface area contributed by atoms with Gasteiger partial charge in [-0.2, -0.15) is 0 Å². The first-order chi connectivity index (χ1) is 10.2. The molecule has 5 heteroatoms. The number of rotatable bonds is 5. The maximum absolute atomic E-state index is 5.66. The zero-order valence-electron chi connectivity index (χ0n) is 12.5. The first-order valence-electron chi connectivity index (χ1n) is 7.33. The zero-order valence-corrected chi connectivity index (χ0v) is 13.3. The second-order valence-electron chi connectivity index (χ2n) is 5.30. The van der Waals surface area contributed by atoms with Crippen molar-refractivity contribution in [2.45, 2.75) is 39.7 Å². The summed E-state index contributed by atoms with van der Waals surface area (Å²) in [7, 11) is 0. The Kier molecular flexibility index (Phi) is 3.92. The number of anilines is 1. The topological polar surface area (TPSA) is 56.7 Å². The molecule has 0 amide bonds. The lowest BCUT2D eigenvalue weighted by Gasteiger charge is -2.05. The smallest absolute Gasteiger partial charge is 0.180 e. The highest BCUT2D eigenvalue weighted by molar-refractivity contribution is 7.13. The molecule has 2 N–H and O–H groups in total. The van der Waals surface area contributed by atoms with E-state index in [4.69, 9.17) is 10.7 Å². The van der Waals surface area contributed by atoms with Crippen LogP contribution < -0.4 is 5.73 Å². The normalized spacial score (nSPS) is 11.3. The molecule has 21 heavy (non-hydrogen) atoms. The predicted molar refractivity (Wildman–Crippen MR) is 88.7 cm³/mol. The quantitative estimate of drug-likeness (QED) is 0.783. The third kappa shape index (κ3) is 2.93. The molecular formula is C16H20N4S. The molecule has 0 spiro atoms. The molecular weight excluding hydrogens is 280 g/mol. The van der Waals surface area contributed by atoms with E-state index in [-0.39, 0.29) is 0 Å². The Labute approximate surface area is 128 Å². The van der Waals surface area contributed by atoms with Gasteiger partial charge in [-0.15, -0.1) is 11.3 Å². The van der Waals surface area contributed by atoms with Crippen molar-refractivity contribution < 1.29 is 0 Å². The zero-order chi connectivity index (χ0) is 14.8. The fourth-order valence-electron chi connectivity index (χ4n) is 2.70. The molecule has 0 atom stereocenters. The third-order valence-electron chi connectivity index (χ3n) is 3.70. The number of benzene rings is 1. The van der Waals surface area contributed by atoms with Crippen LogP contribution in [0, 0.1) is 6.92 Å². The summed E-state index contributed by atoms with van der Waals surface area (Å²) in [5, 5.41) is 2.70. The number of hydrogen-bond donors (Lipinski definition) is 1. The van der Waals surface area contributed by atoms with E-state index in [1.54, 1.807) is 0 Å². The molecule has 0 unspecified atom stereocenters. The minimum Gasteiger partial charge on any atom is -0.375 e. The Balaban J connectivity index is 1.76. The average Bonchev–Trinajstić information content (AvgIpc) is 3.01. The van der Waals surface area contributed by atoms with Crippen LogP contribution in [0.15, 0.2) is 23.6 Å². The van der Waals surface area contributed by atoms with E-state index >= 15 is 0 Å². The van der Waals surface area contributed by atoms with E-state index in [1.165, 1.54) is 28.2 Å². The van der Waals surface area contributed by atoms with Crippen LogP contribution in [0.2, 0.25) is 0 Å². The molecule has 0 fully saturated rings. The van der Waals surface area contributed by atoms with Gasteiger partial charge in [0.15, 0.2) is 5.13 Å². The monoisotopic (exact) mass is 300 g/mol. The van der Waals surface area contributed by atoms with Gasteiger partial charge in [-0.1, -0.05) is 6.07 Å². The largest absolute Gasteiger partial charge is 0.375 e. The fourth-order valence-corrected chi connectivity index (χ4v) is 3.30. The molecule has 3 aromatic rings. The van der Waals surface area contributed by atoms with Gasteiger partial charge >= 0.3 is 0 Å². The Morgan fingerprint density at radius 3 is 2.81 bits per heavy atom. The van der Waals surface area contributed by atoms with E-state index in [2.05, 4.69) is 41.6 Å². The lowest BCUT2D eigenvalue weighted by molar-refractivity contribution is 0.679. The van der Waals surface area contributed by atoms with Crippen LogP contribution in [0.25, 0.3) is 11.0 Å². The highest BCUT2D eigenvalue weighted by atomic mass is 32.1. The summed E-state index contributed by atoms with van der Waals surface area (Å²) in [5.41, 5.74) is 10.3. The first kappa shape index (κ1) is 14.1. The van der Waals surface area contributed by atoms with Crippen LogP contribution >= 0.6 is 11.3 Å². The van der Waals surface area contributed by atoms with Crippen molar-refractivity contribution in [2.75, 3.05) is 5.73 Å². The predicted octanol–water partition coefficient (Wildman–Crippen LogP) is 3.58. The molecule has 4 nitrogen and oxygen atoms in total. The van der Waals surface area contributed by atoms with Crippen LogP contribution in [-0.2, 0) is 19.4 Å². The van der Waals surface area contributed by atoms with E-state index in [0.717, 1.165) is 37.0 Å². The number of hydrogen-bond acceptors (Lipinski definition) is 4. The van der Waals surface area contributed by atoms with Crippen LogP contribution in [-0.4, -0.2) is 14.5 Å². The van der Waals surface area contributed by atoms with Gasteiger partial charge < -0.3 is 10.3 Å². The van der Waals surface area contributed by atoms with Crippen molar-refractivity contribution in [3.8, 4) is 0 Å². The summed E-state index contributed by atoms with van der Waals surface area (Å²) in [6.07, 6.45) is 2.98. The average molecular weight is 300 g/mol. The van der Waals surface area contributed by atoms with E-state index in [1.807, 2.05) is 5.38 Å². The van der Waals surface area contributed by atoms with E-state index in [0.29, 0.717) is 5.13 Å². The lowest BCUT2D eigenvalue weighted by atomic mass is 10.2. The van der Waals surface area contributed by atoms with Crippen molar-refractivity contribution in [3.05, 3.63) is 40.7 Å². The molecule has 2 heterocycles. The maximum atomic E-state index is 5.66. The fraction of sp³-hybridized carbons (Fsp3) is 0.375. The summed E-state index contributed by atoms with van der Waals surface area (Å²) in [6.45, 7) is 5.24. The van der Waals surface area contributed by atoms with Crippen LogP contribution in [0.1, 0.15) is 30.4 Å². The van der Waals surface area contributed by atoms with Crippen molar-refractivity contribution >= 4 is 27.5 Å². The van der Waals surface area contributed by atoms with Gasteiger partial charge in [-0.05, 0) is 44.4 Å². The number of thiazole rings is 1. The lowest BCUT2D eigenvalue weighted by Crippen LogP contribution is -2.02. The van der Waals surface area contributed by atoms with Gasteiger partial charge in [0.1, 0.15) is 5.82 Å². The molecule has 0 aliphatic rings. The van der Waals surface area contributed by atoms with E-state index in [9.17, 15) is 0 Å². The number of nitrogen functional groups attached to an aromatic ring is 1.